The van der Waals surface area contributed by atoms with E-state index >= 15 is 0 Å². The van der Waals surface area contributed by atoms with Crippen molar-refractivity contribution in [3.05, 3.63) is 30.3 Å². The van der Waals surface area contributed by atoms with Gasteiger partial charge in [-0.15, -0.1) is 0 Å². The molecule has 1 fully saturated rings. The molecule has 1 aliphatic rings. The van der Waals surface area contributed by atoms with Crippen LogP contribution in [0.1, 0.15) is 12.8 Å². The zero-order valence-corrected chi connectivity index (χ0v) is 13.4. The fraction of sp³-hybridized carbons (Fsp3) is 0.647. The van der Waals surface area contributed by atoms with Crippen molar-refractivity contribution in [2.24, 2.45) is 0 Å². The van der Waals surface area contributed by atoms with Crippen LogP contribution in [0, 0.1) is 0 Å². The van der Waals surface area contributed by atoms with Gasteiger partial charge in [0.15, 0.2) is 0 Å². The minimum atomic E-state index is 0.667. The third kappa shape index (κ3) is 5.65. The van der Waals surface area contributed by atoms with Crippen LogP contribution in [-0.4, -0.2) is 64.4 Å². The first-order valence-electron chi connectivity index (χ1n) is 8.00. The number of rotatable bonds is 8. The molecule has 1 heterocycles. The Kier molecular flexibility index (Phi) is 7.00. The molecular formula is C17H29N3O. The van der Waals surface area contributed by atoms with Crippen LogP contribution in [0.25, 0.3) is 0 Å². The van der Waals surface area contributed by atoms with Gasteiger partial charge in [0.25, 0.3) is 0 Å². The molecule has 0 atom stereocenters. The Bertz CT molecular complexity index is 377. The zero-order valence-electron chi connectivity index (χ0n) is 13.4. The molecule has 1 aromatic rings. The molecule has 1 aliphatic heterocycles. The van der Waals surface area contributed by atoms with Gasteiger partial charge >= 0.3 is 0 Å². The molecular weight excluding hydrogens is 262 g/mol. The maximum absolute atomic E-state index is 5.10. The summed E-state index contributed by atoms with van der Waals surface area (Å²) in [6.07, 6.45) is 2.47. The zero-order chi connectivity index (χ0) is 14.9. The summed E-state index contributed by atoms with van der Waals surface area (Å²) in [6, 6.07) is 11.4. The molecule has 0 bridgehead atoms. The van der Waals surface area contributed by atoms with Crippen LogP contribution in [-0.2, 0) is 4.74 Å². The lowest BCUT2D eigenvalue weighted by Crippen LogP contribution is -2.44. The topological polar surface area (TPSA) is 27.7 Å². The molecule has 118 valence electrons. The lowest BCUT2D eigenvalue weighted by atomic mass is 10.0. The van der Waals surface area contributed by atoms with Gasteiger partial charge < -0.3 is 19.9 Å². The molecule has 21 heavy (non-hydrogen) atoms. The molecule has 4 nitrogen and oxygen atoms in total. The smallest absolute Gasteiger partial charge is 0.0589 e. The van der Waals surface area contributed by atoms with Gasteiger partial charge in [0.05, 0.1) is 6.61 Å². The fourth-order valence-corrected chi connectivity index (χ4v) is 2.80. The van der Waals surface area contributed by atoms with E-state index in [1.54, 1.807) is 7.11 Å². The summed E-state index contributed by atoms with van der Waals surface area (Å²) >= 11 is 0. The van der Waals surface area contributed by atoms with Crippen molar-refractivity contribution < 1.29 is 4.74 Å². The normalized spacial score (nSPS) is 16.6. The first kappa shape index (κ1) is 16.3. The first-order chi connectivity index (χ1) is 10.3. The van der Waals surface area contributed by atoms with E-state index in [4.69, 9.17) is 4.74 Å². The third-order valence-corrected chi connectivity index (χ3v) is 4.22. The highest BCUT2D eigenvalue weighted by molar-refractivity contribution is 5.46. The summed E-state index contributed by atoms with van der Waals surface area (Å²) in [7, 11) is 3.91. The second-order valence-electron chi connectivity index (χ2n) is 5.85. The number of nitrogens with zero attached hydrogens (tertiary/aromatic N) is 2. The summed E-state index contributed by atoms with van der Waals surface area (Å²) < 4.78 is 5.10. The van der Waals surface area contributed by atoms with Gasteiger partial charge in [0.1, 0.15) is 0 Å². The van der Waals surface area contributed by atoms with E-state index in [0.717, 1.165) is 39.3 Å². The van der Waals surface area contributed by atoms with Crippen LogP contribution in [0.5, 0.6) is 0 Å². The van der Waals surface area contributed by atoms with Crippen molar-refractivity contribution in [1.82, 2.24) is 10.2 Å². The van der Waals surface area contributed by atoms with Crippen molar-refractivity contribution in [3.63, 3.8) is 0 Å². The lowest BCUT2D eigenvalue weighted by molar-refractivity contribution is 0.160. The number of hydrogen-bond donors (Lipinski definition) is 1. The fourth-order valence-electron chi connectivity index (χ4n) is 2.80. The molecule has 1 N–H and O–H groups in total. The van der Waals surface area contributed by atoms with E-state index < -0.39 is 0 Å². The van der Waals surface area contributed by atoms with Crippen molar-refractivity contribution in [1.29, 1.82) is 0 Å². The summed E-state index contributed by atoms with van der Waals surface area (Å²) in [5.41, 5.74) is 1.36. The van der Waals surface area contributed by atoms with Gasteiger partial charge in [-0.2, -0.15) is 0 Å². The summed E-state index contributed by atoms with van der Waals surface area (Å²) in [5.74, 6) is 0. The van der Waals surface area contributed by atoms with Crippen LogP contribution >= 0.6 is 0 Å². The second kappa shape index (κ2) is 9.03. The van der Waals surface area contributed by atoms with Crippen molar-refractivity contribution >= 4 is 5.69 Å². The van der Waals surface area contributed by atoms with Gasteiger partial charge in [-0.3, -0.25) is 0 Å². The van der Waals surface area contributed by atoms with Crippen LogP contribution < -0.4 is 10.2 Å². The minimum Gasteiger partial charge on any atom is -0.383 e. The van der Waals surface area contributed by atoms with Crippen LogP contribution in [0.4, 0.5) is 5.69 Å². The highest BCUT2D eigenvalue weighted by Crippen LogP contribution is 2.19. The van der Waals surface area contributed by atoms with E-state index in [-0.39, 0.29) is 0 Å². The van der Waals surface area contributed by atoms with Gasteiger partial charge in [0, 0.05) is 51.6 Å². The lowest BCUT2D eigenvalue weighted by Gasteiger charge is -2.34. The Morgan fingerprint density at radius 1 is 1.19 bits per heavy atom. The number of hydrogen-bond acceptors (Lipinski definition) is 4. The first-order valence-corrected chi connectivity index (χ1v) is 8.00. The Hall–Kier alpha value is -1.10. The van der Waals surface area contributed by atoms with Crippen LogP contribution in [0.3, 0.4) is 0 Å². The minimum absolute atomic E-state index is 0.667. The summed E-state index contributed by atoms with van der Waals surface area (Å²) in [6.45, 7) is 6.28. The van der Waals surface area contributed by atoms with E-state index in [0.29, 0.717) is 6.04 Å². The van der Waals surface area contributed by atoms with E-state index in [1.807, 2.05) is 0 Å². The van der Waals surface area contributed by atoms with Gasteiger partial charge in [-0.05, 0) is 32.0 Å². The molecule has 0 aliphatic carbocycles. The quantitative estimate of drug-likeness (QED) is 0.791. The monoisotopic (exact) mass is 291 g/mol. The number of para-hydroxylation sites is 1. The SMILES string of the molecule is COCCN(C)CCNC1CCN(c2ccccc2)CC1. The number of methoxy groups -OCH3 is 1. The molecule has 0 unspecified atom stereocenters. The predicted octanol–water partition coefficient (Wildman–Crippen LogP) is 1.82. The Balaban J connectivity index is 1.61. The van der Waals surface area contributed by atoms with Crippen molar-refractivity contribution in [2.75, 3.05) is 58.4 Å². The van der Waals surface area contributed by atoms with Crippen LogP contribution in [0.15, 0.2) is 30.3 Å². The highest BCUT2D eigenvalue weighted by atomic mass is 16.5. The molecule has 2 rings (SSSR count). The number of nitrogens with one attached hydrogen (secondary N) is 1. The van der Waals surface area contributed by atoms with Crippen LogP contribution in [0.2, 0.25) is 0 Å². The number of likely N-dealkylation sites (N-methyl/N-ethyl adjacent to an activating group) is 1. The van der Waals surface area contributed by atoms with Gasteiger partial charge in [-0.1, -0.05) is 18.2 Å². The molecule has 4 heteroatoms. The molecule has 0 spiro atoms. The van der Waals surface area contributed by atoms with Gasteiger partial charge in [-0.25, -0.2) is 0 Å². The molecule has 0 amide bonds. The van der Waals surface area contributed by atoms with Crippen molar-refractivity contribution in [3.8, 4) is 0 Å². The number of anilines is 1. The second-order valence-corrected chi connectivity index (χ2v) is 5.85. The van der Waals surface area contributed by atoms with E-state index in [9.17, 15) is 0 Å². The van der Waals surface area contributed by atoms with Crippen molar-refractivity contribution in [2.45, 2.75) is 18.9 Å². The molecule has 0 radical (unpaired) electrons. The Morgan fingerprint density at radius 2 is 1.90 bits per heavy atom. The van der Waals surface area contributed by atoms with Gasteiger partial charge in [0.2, 0.25) is 0 Å². The van der Waals surface area contributed by atoms with E-state index in [1.165, 1.54) is 18.5 Å². The highest BCUT2D eigenvalue weighted by Gasteiger charge is 2.18. The molecule has 1 saturated heterocycles. The van der Waals surface area contributed by atoms with E-state index in [2.05, 4.69) is 52.5 Å². The standard InChI is InChI=1S/C17H29N3O/c1-19(14-15-21-2)13-10-18-16-8-11-20(12-9-16)17-6-4-3-5-7-17/h3-7,16,18H,8-15H2,1-2H3. The summed E-state index contributed by atoms with van der Waals surface area (Å²) in [5, 5.41) is 3.69. The molecule has 1 aromatic carbocycles. The summed E-state index contributed by atoms with van der Waals surface area (Å²) in [4.78, 5) is 4.80. The Morgan fingerprint density at radius 3 is 2.57 bits per heavy atom. The largest absolute Gasteiger partial charge is 0.383 e. The maximum Gasteiger partial charge on any atom is 0.0589 e. The maximum atomic E-state index is 5.10. The number of benzene rings is 1. The number of ether oxygens (including phenoxy) is 1. The molecule has 0 aromatic heterocycles. The molecule has 0 saturated carbocycles. The average molecular weight is 291 g/mol. The average Bonchev–Trinajstić information content (AvgIpc) is 2.54. The number of piperidine rings is 1. The Labute approximate surface area is 129 Å². The third-order valence-electron chi connectivity index (χ3n) is 4.22. The predicted molar refractivity (Wildman–Crippen MR) is 89.1 cm³/mol.